The Morgan fingerprint density at radius 2 is 1.66 bits per heavy atom. The van der Waals surface area contributed by atoms with Gasteiger partial charge in [0.2, 0.25) is 0 Å². The molecule has 0 N–H and O–H groups in total. The van der Waals surface area contributed by atoms with Crippen LogP contribution in [0.25, 0.3) is 10.9 Å². The number of para-hydroxylation sites is 1. The maximum Gasteiger partial charge on any atom is 0.142 e. The van der Waals surface area contributed by atoms with E-state index < -0.39 is 0 Å². The molecule has 0 amide bonds. The second-order valence-electron chi connectivity index (χ2n) is 10.7. The summed E-state index contributed by atoms with van der Waals surface area (Å²) in [6.07, 6.45) is 11.1. The fraction of sp³-hybridized carbons (Fsp3) is 0.633. The van der Waals surface area contributed by atoms with Gasteiger partial charge in [0.1, 0.15) is 18.4 Å². The highest BCUT2D eigenvalue weighted by molar-refractivity contribution is 7.79. The average molecular weight is 504 g/mol. The van der Waals surface area contributed by atoms with Gasteiger partial charge in [-0.25, -0.2) is 0 Å². The zero-order valence-electron chi connectivity index (χ0n) is 23.4. The van der Waals surface area contributed by atoms with Crippen molar-refractivity contribution in [2.24, 2.45) is 11.3 Å². The quantitative estimate of drug-likeness (QED) is 0.280. The predicted octanol–water partition coefficient (Wildman–Crippen LogP) is 7.85. The van der Waals surface area contributed by atoms with Gasteiger partial charge < -0.3 is 14.2 Å². The van der Waals surface area contributed by atoms with Crippen molar-refractivity contribution in [1.82, 2.24) is 4.57 Å². The molecule has 0 saturated heterocycles. The number of ketones is 1. The highest BCUT2D eigenvalue weighted by Gasteiger charge is 2.21. The minimum absolute atomic E-state index is 0.207. The number of rotatable bonds is 9. The Morgan fingerprint density at radius 1 is 1.09 bits per heavy atom. The van der Waals surface area contributed by atoms with Crippen LogP contribution in [0.4, 0.5) is 0 Å². The van der Waals surface area contributed by atoms with Crippen molar-refractivity contribution >= 4 is 41.9 Å². The van der Waals surface area contributed by atoms with Crippen molar-refractivity contribution in [1.29, 1.82) is 0 Å². The highest BCUT2D eigenvalue weighted by Crippen LogP contribution is 2.31. The number of benzene rings is 1. The molecule has 1 aromatic heterocycles. The van der Waals surface area contributed by atoms with Gasteiger partial charge in [0.15, 0.2) is 0 Å². The summed E-state index contributed by atoms with van der Waals surface area (Å²) in [5.74, 6) is 0.714. The Balaban J connectivity index is 0.000000728. The largest absolute Gasteiger partial charge is 0.334 e. The molecular formula is C30H49NO3S. The first-order valence-corrected chi connectivity index (χ1v) is 13.9. The molecule has 198 valence electrons. The summed E-state index contributed by atoms with van der Waals surface area (Å²) in [7, 11) is 0. The lowest BCUT2D eigenvalue weighted by molar-refractivity contribution is -0.118. The minimum atomic E-state index is -0.207. The third kappa shape index (κ3) is 12.1. The zero-order valence-corrected chi connectivity index (χ0v) is 24.3. The van der Waals surface area contributed by atoms with Gasteiger partial charge in [0.25, 0.3) is 0 Å². The number of nitrogens with zero attached hydrogens (tertiary/aromatic N) is 1. The van der Waals surface area contributed by atoms with Gasteiger partial charge in [0.05, 0.1) is 6.04 Å². The average Bonchev–Trinajstić information content (AvgIpc) is 3.07. The second-order valence-corrected chi connectivity index (χ2v) is 10.7. The van der Waals surface area contributed by atoms with Crippen molar-refractivity contribution in [2.75, 3.05) is 6.26 Å². The van der Waals surface area contributed by atoms with Crippen LogP contribution in [0.5, 0.6) is 0 Å². The predicted molar refractivity (Wildman–Crippen MR) is 154 cm³/mol. The minimum Gasteiger partial charge on any atom is -0.334 e. The molecule has 1 heterocycles. The number of hydrogen-bond donors (Lipinski definition) is 1. The van der Waals surface area contributed by atoms with Crippen LogP contribution < -0.4 is 0 Å². The Bertz CT molecular complexity index is 885. The molecule has 3 rings (SSSR count). The fourth-order valence-electron chi connectivity index (χ4n) is 3.76. The van der Waals surface area contributed by atoms with Crippen molar-refractivity contribution in [3.63, 3.8) is 0 Å². The normalized spacial score (nSPS) is 13.6. The molecule has 1 aliphatic carbocycles. The molecule has 1 atom stereocenters. The van der Waals surface area contributed by atoms with Gasteiger partial charge >= 0.3 is 0 Å². The maximum atomic E-state index is 12.2. The first-order chi connectivity index (χ1) is 16.6. The number of aldehydes is 2. The molecule has 0 bridgehead atoms. The number of thiol groups is 1. The zero-order chi connectivity index (χ0) is 27.0. The number of hydrogen-bond acceptors (Lipinski definition) is 4. The van der Waals surface area contributed by atoms with E-state index in [9.17, 15) is 14.4 Å². The van der Waals surface area contributed by atoms with Crippen molar-refractivity contribution in [3.8, 4) is 0 Å². The van der Waals surface area contributed by atoms with Gasteiger partial charge in [0, 0.05) is 35.4 Å². The number of carbonyl (C=O) groups excluding carboxylic acids is 3. The van der Waals surface area contributed by atoms with E-state index in [0.29, 0.717) is 24.2 Å². The molecule has 4 nitrogen and oxygen atoms in total. The fourth-order valence-corrected chi connectivity index (χ4v) is 3.76. The van der Waals surface area contributed by atoms with Crippen LogP contribution in [0.1, 0.15) is 104 Å². The summed E-state index contributed by atoms with van der Waals surface area (Å²) in [6.45, 7) is 14.8. The van der Waals surface area contributed by atoms with E-state index in [0.717, 1.165) is 66.8 Å². The van der Waals surface area contributed by atoms with Crippen LogP contribution in [0, 0.1) is 11.3 Å². The maximum absolute atomic E-state index is 12.2. The molecule has 1 unspecified atom stereocenters. The third-order valence-electron chi connectivity index (χ3n) is 5.46. The van der Waals surface area contributed by atoms with E-state index >= 15 is 0 Å². The van der Waals surface area contributed by atoms with Gasteiger partial charge in [-0.1, -0.05) is 72.6 Å². The van der Waals surface area contributed by atoms with Gasteiger partial charge in [-0.2, -0.15) is 12.6 Å². The molecule has 35 heavy (non-hydrogen) atoms. The lowest BCUT2D eigenvalue weighted by Crippen LogP contribution is -2.12. The number of fused-ring (bicyclic) bond motifs is 1. The van der Waals surface area contributed by atoms with Crippen LogP contribution >= 0.6 is 12.6 Å². The lowest BCUT2D eigenvalue weighted by atomic mass is 9.87. The molecule has 5 heteroatoms. The number of aromatic nitrogens is 1. The molecular weight excluding hydrogens is 454 g/mol. The summed E-state index contributed by atoms with van der Waals surface area (Å²) in [4.78, 5) is 33.3. The molecule has 0 radical (unpaired) electrons. The Kier molecular flexibility index (Phi) is 16.6. The van der Waals surface area contributed by atoms with E-state index in [1.165, 1.54) is 6.42 Å². The molecule has 1 saturated carbocycles. The van der Waals surface area contributed by atoms with Crippen molar-refractivity contribution in [2.45, 2.75) is 106 Å². The van der Waals surface area contributed by atoms with Crippen molar-refractivity contribution in [3.05, 3.63) is 35.5 Å². The van der Waals surface area contributed by atoms with E-state index in [-0.39, 0.29) is 11.8 Å². The van der Waals surface area contributed by atoms with E-state index in [4.69, 9.17) is 0 Å². The standard InChI is InChI=1S/C19H25NO2.C5H8O.C5H12.CH4S/c1-4-8-15(22)12-17-16-10-6-7-11-19(16)20(14(3)13-21)18(17)9-5-2;6-4-5-2-1-3-5;1-5(2,3)4;1-2/h6-7,10-11,13-14H,4-5,8-9,12H2,1-3H3;4-5H,1-3H2;1-4H3;2H,1H3. The molecule has 1 aliphatic rings. The monoisotopic (exact) mass is 503 g/mol. The Hall–Kier alpha value is -1.88. The molecule has 2 aromatic rings. The Labute approximate surface area is 219 Å². The van der Waals surface area contributed by atoms with E-state index in [1.807, 2.05) is 32.0 Å². The van der Waals surface area contributed by atoms with Gasteiger partial charge in [-0.3, -0.25) is 4.79 Å². The number of Topliss-reactive ketones (excluding diaryl/α,β-unsaturated/α-hetero) is 1. The summed E-state index contributed by atoms with van der Waals surface area (Å²) in [5.41, 5.74) is 3.82. The molecule has 0 spiro atoms. The molecule has 1 aromatic carbocycles. The molecule has 0 aliphatic heterocycles. The van der Waals surface area contributed by atoms with Crippen LogP contribution in [-0.4, -0.2) is 29.2 Å². The summed E-state index contributed by atoms with van der Waals surface area (Å²) >= 11 is 3.53. The van der Waals surface area contributed by atoms with Crippen LogP contribution in [0.3, 0.4) is 0 Å². The van der Waals surface area contributed by atoms with E-state index in [1.54, 1.807) is 6.26 Å². The first kappa shape index (κ1) is 33.1. The summed E-state index contributed by atoms with van der Waals surface area (Å²) in [6, 6.07) is 7.90. The number of carbonyl (C=O) groups is 3. The van der Waals surface area contributed by atoms with Gasteiger partial charge in [-0.05, 0) is 55.9 Å². The second kappa shape index (κ2) is 17.5. The Morgan fingerprint density at radius 3 is 2.06 bits per heavy atom. The van der Waals surface area contributed by atoms with Gasteiger partial charge in [-0.15, -0.1) is 0 Å². The smallest absolute Gasteiger partial charge is 0.142 e. The van der Waals surface area contributed by atoms with Crippen LogP contribution in [0.15, 0.2) is 24.3 Å². The van der Waals surface area contributed by atoms with Crippen LogP contribution in [0.2, 0.25) is 0 Å². The van der Waals surface area contributed by atoms with Crippen LogP contribution in [-0.2, 0) is 27.2 Å². The first-order valence-electron chi connectivity index (χ1n) is 13.0. The van der Waals surface area contributed by atoms with E-state index in [2.05, 4.69) is 57.9 Å². The summed E-state index contributed by atoms with van der Waals surface area (Å²) < 4.78 is 2.11. The third-order valence-corrected chi connectivity index (χ3v) is 5.46. The molecule has 1 fully saturated rings. The lowest BCUT2D eigenvalue weighted by Gasteiger charge is -2.17. The topological polar surface area (TPSA) is 56.1 Å². The van der Waals surface area contributed by atoms with Crippen molar-refractivity contribution < 1.29 is 14.4 Å². The summed E-state index contributed by atoms with van der Waals surface area (Å²) in [5, 5.41) is 1.11. The highest BCUT2D eigenvalue weighted by atomic mass is 32.1. The SMILES string of the molecule is CC(C)(C)C.CCCC(=O)Cc1c(CCC)n(C(C)C=O)c2ccccc12.CS.O=CC1CCC1.